The van der Waals surface area contributed by atoms with Gasteiger partial charge in [0.1, 0.15) is 29.8 Å². The SMILES string of the molecule is CC(=O)OC1C(=O)N([C@@H]2[C@H](c3ccco3)N2c2ccco2)C1c1ccco1. The Hall–Kier alpha value is -3.42. The molecule has 0 spiro atoms. The van der Waals surface area contributed by atoms with E-state index in [1.807, 2.05) is 17.0 Å². The van der Waals surface area contributed by atoms with Gasteiger partial charge in [0.2, 0.25) is 6.10 Å². The van der Waals surface area contributed by atoms with Crippen molar-refractivity contribution in [2.75, 3.05) is 4.90 Å². The van der Waals surface area contributed by atoms with Gasteiger partial charge in [0, 0.05) is 13.0 Å². The highest BCUT2D eigenvalue weighted by Crippen LogP contribution is 2.54. The second-order valence-electron chi connectivity index (χ2n) is 6.47. The van der Waals surface area contributed by atoms with Gasteiger partial charge in [-0.25, -0.2) is 0 Å². The zero-order valence-corrected chi connectivity index (χ0v) is 14.3. The molecule has 4 atom stereocenters. The minimum atomic E-state index is -0.898. The molecule has 3 aromatic heterocycles. The first-order chi connectivity index (χ1) is 13.2. The van der Waals surface area contributed by atoms with Crippen LogP contribution in [0.1, 0.15) is 30.5 Å². The van der Waals surface area contributed by atoms with Crippen LogP contribution in [0.3, 0.4) is 0 Å². The van der Waals surface area contributed by atoms with E-state index < -0.39 is 18.1 Å². The van der Waals surface area contributed by atoms with Gasteiger partial charge in [-0.3, -0.25) is 9.59 Å². The van der Waals surface area contributed by atoms with Crippen molar-refractivity contribution >= 4 is 17.8 Å². The van der Waals surface area contributed by atoms with Crippen LogP contribution in [0.15, 0.2) is 68.4 Å². The summed E-state index contributed by atoms with van der Waals surface area (Å²) >= 11 is 0. The smallest absolute Gasteiger partial charge is 0.303 e. The van der Waals surface area contributed by atoms with Crippen LogP contribution in [0.4, 0.5) is 5.88 Å². The molecule has 0 aliphatic carbocycles. The highest BCUT2D eigenvalue weighted by molar-refractivity contribution is 5.92. The number of β-lactam (4-membered cyclic amide) rings is 1. The van der Waals surface area contributed by atoms with Gasteiger partial charge in [-0.05, 0) is 30.3 Å². The Morgan fingerprint density at radius 1 is 0.926 bits per heavy atom. The number of hydrogen-bond donors (Lipinski definition) is 0. The van der Waals surface area contributed by atoms with Crippen LogP contribution in [0, 0.1) is 0 Å². The summed E-state index contributed by atoms with van der Waals surface area (Å²) in [6, 6.07) is 10.1. The topological polar surface area (TPSA) is 89.0 Å². The minimum absolute atomic E-state index is 0.189. The first-order valence-corrected chi connectivity index (χ1v) is 8.55. The van der Waals surface area contributed by atoms with Crippen molar-refractivity contribution in [1.29, 1.82) is 0 Å². The van der Waals surface area contributed by atoms with Crippen molar-refractivity contribution in [2.24, 2.45) is 0 Å². The van der Waals surface area contributed by atoms with Crippen molar-refractivity contribution in [3.63, 3.8) is 0 Å². The molecule has 2 fully saturated rings. The molecule has 5 rings (SSSR count). The molecule has 3 aromatic rings. The number of anilines is 1. The highest BCUT2D eigenvalue weighted by Gasteiger charge is 2.66. The number of rotatable bonds is 5. The van der Waals surface area contributed by atoms with E-state index in [4.69, 9.17) is 18.0 Å². The Kier molecular flexibility index (Phi) is 3.40. The Balaban J connectivity index is 1.50. The van der Waals surface area contributed by atoms with E-state index in [-0.39, 0.29) is 18.1 Å². The second-order valence-corrected chi connectivity index (χ2v) is 6.47. The molecule has 0 bridgehead atoms. The average molecular weight is 368 g/mol. The van der Waals surface area contributed by atoms with Crippen LogP contribution in [0.5, 0.6) is 0 Å². The number of hydrogen-bond acceptors (Lipinski definition) is 7. The fourth-order valence-corrected chi connectivity index (χ4v) is 3.75. The minimum Gasteiger partial charge on any atom is -0.467 e. The summed E-state index contributed by atoms with van der Waals surface area (Å²) in [5.74, 6) is 1.13. The van der Waals surface area contributed by atoms with Crippen LogP contribution in [0.25, 0.3) is 0 Å². The number of furan rings is 3. The Morgan fingerprint density at radius 3 is 2.11 bits per heavy atom. The zero-order chi connectivity index (χ0) is 18.5. The maximum absolute atomic E-state index is 12.8. The maximum atomic E-state index is 12.8. The number of nitrogens with zero attached hydrogens (tertiary/aromatic N) is 2. The third-order valence-corrected chi connectivity index (χ3v) is 4.87. The average Bonchev–Trinajstić information content (AvgIpc) is 3.23. The Morgan fingerprint density at radius 2 is 1.56 bits per heavy atom. The third-order valence-electron chi connectivity index (χ3n) is 4.87. The molecular weight excluding hydrogens is 352 g/mol. The van der Waals surface area contributed by atoms with Crippen molar-refractivity contribution in [3.05, 3.63) is 66.7 Å². The predicted octanol–water partition coefficient (Wildman–Crippen LogP) is 2.87. The van der Waals surface area contributed by atoms with Gasteiger partial charge < -0.3 is 27.8 Å². The number of ether oxygens (including phenoxy) is 1. The van der Waals surface area contributed by atoms with Gasteiger partial charge in [0.25, 0.3) is 5.91 Å². The number of likely N-dealkylation sites (tertiary alicyclic amines) is 1. The van der Waals surface area contributed by atoms with Gasteiger partial charge in [0.15, 0.2) is 5.88 Å². The van der Waals surface area contributed by atoms with E-state index in [0.29, 0.717) is 11.6 Å². The van der Waals surface area contributed by atoms with E-state index in [1.54, 1.807) is 41.7 Å². The van der Waals surface area contributed by atoms with Gasteiger partial charge >= 0.3 is 5.97 Å². The fraction of sp³-hybridized carbons (Fsp3) is 0.263. The maximum Gasteiger partial charge on any atom is 0.303 e. The molecule has 2 aliphatic rings. The number of carbonyl (C=O) groups excluding carboxylic acids is 2. The molecule has 8 heteroatoms. The number of esters is 1. The normalized spacial score (nSPS) is 26.8. The molecule has 8 nitrogen and oxygen atoms in total. The van der Waals surface area contributed by atoms with Crippen LogP contribution in [-0.4, -0.2) is 29.0 Å². The molecule has 1 amide bonds. The van der Waals surface area contributed by atoms with E-state index in [1.165, 1.54) is 13.2 Å². The molecule has 2 saturated heterocycles. The monoisotopic (exact) mass is 368 g/mol. The quantitative estimate of drug-likeness (QED) is 0.389. The first kappa shape index (κ1) is 15.8. The lowest BCUT2D eigenvalue weighted by atomic mass is 9.94. The summed E-state index contributed by atoms with van der Waals surface area (Å²) in [6.07, 6.45) is 3.48. The van der Waals surface area contributed by atoms with Crippen LogP contribution >= 0.6 is 0 Å². The summed E-state index contributed by atoms with van der Waals surface area (Å²) in [6.45, 7) is 1.28. The molecule has 2 unspecified atom stereocenters. The van der Waals surface area contributed by atoms with Gasteiger partial charge in [0.05, 0.1) is 18.8 Å². The van der Waals surface area contributed by atoms with Crippen LogP contribution < -0.4 is 4.90 Å². The second kappa shape index (κ2) is 5.80. The Labute approximate surface area is 153 Å². The molecule has 0 aromatic carbocycles. The summed E-state index contributed by atoms with van der Waals surface area (Å²) in [5, 5.41) is 0. The molecule has 0 saturated carbocycles. The summed E-state index contributed by atoms with van der Waals surface area (Å²) in [7, 11) is 0. The van der Waals surface area contributed by atoms with Crippen LogP contribution in [-0.2, 0) is 14.3 Å². The van der Waals surface area contributed by atoms with E-state index in [9.17, 15) is 9.59 Å². The molecular formula is C19H16N2O6. The zero-order valence-electron chi connectivity index (χ0n) is 14.3. The highest BCUT2D eigenvalue weighted by atomic mass is 16.6. The van der Waals surface area contributed by atoms with E-state index in [2.05, 4.69) is 0 Å². The molecule has 27 heavy (non-hydrogen) atoms. The fourth-order valence-electron chi connectivity index (χ4n) is 3.75. The van der Waals surface area contributed by atoms with Gasteiger partial charge in [-0.2, -0.15) is 0 Å². The number of amides is 1. The Bertz CT molecular complexity index is 906. The van der Waals surface area contributed by atoms with E-state index >= 15 is 0 Å². The summed E-state index contributed by atoms with van der Waals surface area (Å²) in [4.78, 5) is 27.9. The standard InChI is InChI=1S/C19H16N2O6/c1-11(22)27-17-15(12-5-2-8-24-12)21(19(17)23)18-16(13-6-3-9-25-13)20(18)14-7-4-10-26-14/h2-10,15-18H,1H3/t15?,16-,17?,18+,20?/m0/s1. The molecule has 0 N–H and O–H groups in total. The third kappa shape index (κ3) is 2.37. The lowest BCUT2D eigenvalue weighted by Crippen LogP contribution is -2.62. The van der Waals surface area contributed by atoms with Crippen molar-refractivity contribution in [2.45, 2.75) is 31.3 Å². The first-order valence-electron chi connectivity index (χ1n) is 8.55. The molecule has 5 heterocycles. The summed E-state index contributed by atoms with van der Waals surface area (Å²) in [5.41, 5.74) is 0. The van der Waals surface area contributed by atoms with Crippen molar-refractivity contribution in [3.8, 4) is 0 Å². The van der Waals surface area contributed by atoms with Crippen LogP contribution in [0.2, 0.25) is 0 Å². The van der Waals surface area contributed by atoms with E-state index in [0.717, 1.165) is 5.76 Å². The van der Waals surface area contributed by atoms with Gasteiger partial charge in [-0.1, -0.05) is 0 Å². The number of carbonyl (C=O) groups is 2. The lowest BCUT2D eigenvalue weighted by Gasteiger charge is -2.44. The predicted molar refractivity (Wildman–Crippen MR) is 90.3 cm³/mol. The molecule has 2 aliphatic heterocycles. The van der Waals surface area contributed by atoms with Crippen molar-refractivity contribution in [1.82, 2.24) is 4.90 Å². The summed E-state index contributed by atoms with van der Waals surface area (Å²) < 4.78 is 21.8. The lowest BCUT2D eigenvalue weighted by molar-refractivity contribution is -0.185. The largest absolute Gasteiger partial charge is 0.467 e. The molecule has 0 radical (unpaired) electrons. The van der Waals surface area contributed by atoms with Crippen molar-refractivity contribution < 1.29 is 27.6 Å². The molecule has 138 valence electrons. The van der Waals surface area contributed by atoms with Gasteiger partial charge in [-0.15, -0.1) is 0 Å².